The Morgan fingerprint density at radius 3 is 2.48 bits per heavy atom. The van der Waals surface area contributed by atoms with Crippen LogP contribution in [0, 0.1) is 34.6 Å². The number of nitrogens with zero attached hydrogens (tertiary/aromatic N) is 1. The second-order valence-corrected chi connectivity index (χ2v) is 9.60. The Hall–Kier alpha value is -2.63. The van der Waals surface area contributed by atoms with Crippen LogP contribution < -0.4 is 10.6 Å². The van der Waals surface area contributed by atoms with Crippen molar-refractivity contribution in [3.05, 3.63) is 86.0 Å². The molecule has 1 aliphatic rings. The summed E-state index contributed by atoms with van der Waals surface area (Å²) in [5.74, 6) is -0.0711. The van der Waals surface area contributed by atoms with Gasteiger partial charge in [0.05, 0.1) is 4.91 Å². The zero-order valence-electron chi connectivity index (χ0n) is 18.3. The highest BCUT2D eigenvalue weighted by Gasteiger charge is 2.28. The Kier molecular flexibility index (Phi) is 5.91. The van der Waals surface area contributed by atoms with Crippen molar-refractivity contribution < 1.29 is 4.79 Å². The van der Waals surface area contributed by atoms with Gasteiger partial charge < -0.3 is 15.2 Å². The fourth-order valence-electron chi connectivity index (χ4n) is 3.79. The van der Waals surface area contributed by atoms with Crippen molar-refractivity contribution in [1.82, 2.24) is 9.88 Å². The van der Waals surface area contributed by atoms with Crippen LogP contribution in [0.3, 0.4) is 0 Å². The van der Waals surface area contributed by atoms with Gasteiger partial charge in [-0.25, -0.2) is 0 Å². The van der Waals surface area contributed by atoms with E-state index in [-0.39, 0.29) is 11.4 Å². The monoisotopic (exact) mass is 451 g/mol. The van der Waals surface area contributed by atoms with Crippen LogP contribution in [0.25, 0.3) is 11.8 Å². The SMILES string of the molecule is Cc1ccc(-n2c(C)cc(/C=C3\SC(Nc4cc(Cl)ccc4C)NC3=O)c2C)cc1C. The van der Waals surface area contributed by atoms with E-state index in [4.69, 9.17) is 11.6 Å². The Morgan fingerprint density at radius 2 is 1.74 bits per heavy atom. The lowest BCUT2D eigenvalue weighted by Gasteiger charge is -2.15. The third-order valence-corrected chi connectivity index (χ3v) is 6.99. The maximum Gasteiger partial charge on any atom is 0.260 e. The predicted octanol–water partition coefficient (Wildman–Crippen LogP) is 6.27. The summed E-state index contributed by atoms with van der Waals surface area (Å²) in [6, 6.07) is 14.3. The van der Waals surface area contributed by atoms with Crippen molar-refractivity contribution in [2.75, 3.05) is 5.32 Å². The summed E-state index contributed by atoms with van der Waals surface area (Å²) < 4.78 is 2.24. The average Bonchev–Trinajstić information content (AvgIpc) is 3.19. The highest BCUT2D eigenvalue weighted by atomic mass is 35.5. The Morgan fingerprint density at radius 1 is 1.00 bits per heavy atom. The van der Waals surface area contributed by atoms with Gasteiger partial charge in [-0.1, -0.05) is 35.5 Å². The second-order valence-electron chi connectivity index (χ2n) is 8.01. The van der Waals surface area contributed by atoms with Gasteiger partial charge in [-0.15, -0.1) is 0 Å². The molecule has 1 amide bonds. The van der Waals surface area contributed by atoms with Crippen LogP contribution in [0.5, 0.6) is 0 Å². The summed E-state index contributed by atoms with van der Waals surface area (Å²) in [6.45, 7) is 10.5. The third kappa shape index (κ3) is 4.39. The first-order valence-electron chi connectivity index (χ1n) is 10.2. The van der Waals surface area contributed by atoms with Crippen LogP contribution in [-0.4, -0.2) is 16.0 Å². The number of halogens is 1. The molecule has 1 aromatic heterocycles. The van der Waals surface area contributed by atoms with Gasteiger partial charge >= 0.3 is 0 Å². The molecule has 2 N–H and O–H groups in total. The van der Waals surface area contributed by atoms with E-state index in [0.29, 0.717) is 9.93 Å². The fraction of sp³-hybridized carbons (Fsp3) is 0.240. The number of hydrogen-bond acceptors (Lipinski definition) is 3. The molecule has 1 atom stereocenters. The molecule has 2 aromatic carbocycles. The van der Waals surface area contributed by atoms with Crippen molar-refractivity contribution in [3.63, 3.8) is 0 Å². The lowest BCUT2D eigenvalue weighted by Crippen LogP contribution is -2.31. The molecule has 0 aliphatic carbocycles. The lowest BCUT2D eigenvalue weighted by molar-refractivity contribution is -0.116. The summed E-state index contributed by atoms with van der Waals surface area (Å²) in [7, 11) is 0. The van der Waals surface area contributed by atoms with Crippen molar-refractivity contribution in [2.24, 2.45) is 0 Å². The molecule has 4 rings (SSSR count). The average molecular weight is 452 g/mol. The number of carbonyl (C=O) groups excluding carboxylic acids is 1. The maximum atomic E-state index is 12.6. The number of thioether (sulfide) groups is 1. The summed E-state index contributed by atoms with van der Waals surface area (Å²) in [5, 5.41) is 7.03. The number of rotatable bonds is 4. The molecule has 31 heavy (non-hydrogen) atoms. The molecule has 0 spiro atoms. The molecular weight excluding hydrogens is 426 g/mol. The number of carbonyl (C=O) groups is 1. The van der Waals surface area contributed by atoms with Gasteiger partial charge in [0, 0.05) is 27.8 Å². The second kappa shape index (κ2) is 8.48. The topological polar surface area (TPSA) is 46.1 Å². The van der Waals surface area contributed by atoms with Gasteiger partial charge in [-0.2, -0.15) is 0 Å². The van der Waals surface area contributed by atoms with Gasteiger partial charge in [-0.3, -0.25) is 4.79 Å². The Labute approximate surface area is 192 Å². The molecule has 1 aliphatic heterocycles. The molecular formula is C25H26ClN3OS. The van der Waals surface area contributed by atoms with Crippen molar-refractivity contribution >= 4 is 41.0 Å². The minimum atomic E-state index is -0.237. The van der Waals surface area contributed by atoms with Gasteiger partial charge in [0.2, 0.25) is 0 Å². The molecule has 4 nitrogen and oxygen atoms in total. The van der Waals surface area contributed by atoms with Crippen LogP contribution >= 0.6 is 23.4 Å². The summed E-state index contributed by atoms with van der Waals surface area (Å²) >= 11 is 7.61. The van der Waals surface area contributed by atoms with Gasteiger partial charge in [0.25, 0.3) is 5.91 Å². The maximum absolute atomic E-state index is 12.6. The Bertz CT molecular complexity index is 1210. The standard InChI is InChI=1S/C25H26ClN3OS/c1-14-7-9-21(10-16(14)3)29-17(4)11-19(18(29)5)12-23-24(30)28-25(31-23)27-22-13-20(26)8-6-15(22)2/h6-13,25,27H,1-5H3,(H,28,30)/b23-12-. The quantitative estimate of drug-likeness (QED) is 0.459. The van der Waals surface area contributed by atoms with Crippen molar-refractivity contribution in [2.45, 2.75) is 40.1 Å². The van der Waals surface area contributed by atoms with E-state index in [9.17, 15) is 4.79 Å². The van der Waals surface area contributed by atoms with E-state index in [2.05, 4.69) is 67.2 Å². The number of aryl methyl sites for hydroxylation is 4. The normalized spacial score (nSPS) is 17.3. The molecule has 1 fully saturated rings. The third-order valence-electron chi connectivity index (χ3n) is 5.72. The smallest absolute Gasteiger partial charge is 0.260 e. The number of benzene rings is 2. The highest BCUT2D eigenvalue weighted by Crippen LogP contribution is 2.33. The van der Waals surface area contributed by atoms with E-state index in [1.54, 1.807) is 0 Å². The largest absolute Gasteiger partial charge is 0.356 e. The fourth-order valence-corrected chi connectivity index (χ4v) is 4.93. The van der Waals surface area contributed by atoms with Gasteiger partial charge in [-0.05, 0) is 93.3 Å². The zero-order valence-corrected chi connectivity index (χ0v) is 19.9. The van der Waals surface area contributed by atoms with E-state index in [1.807, 2.05) is 31.2 Å². The molecule has 6 heteroatoms. The molecule has 0 saturated carbocycles. The first-order chi connectivity index (χ1) is 14.7. The number of hydrogen-bond donors (Lipinski definition) is 2. The molecule has 0 radical (unpaired) electrons. The summed E-state index contributed by atoms with van der Waals surface area (Å²) in [6.07, 6.45) is 1.98. The minimum Gasteiger partial charge on any atom is -0.356 e. The molecule has 3 aromatic rings. The summed E-state index contributed by atoms with van der Waals surface area (Å²) in [4.78, 5) is 13.3. The van der Waals surface area contributed by atoms with Crippen LogP contribution in [0.1, 0.15) is 33.6 Å². The molecule has 2 heterocycles. The van der Waals surface area contributed by atoms with Crippen molar-refractivity contribution in [1.29, 1.82) is 0 Å². The van der Waals surface area contributed by atoms with Gasteiger partial charge in [0.15, 0.2) is 5.50 Å². The molecule has 0 bridgehead atoms. The van der Waals surface area contributed by atoms with E-state index in [0.717, 1.165) is 33.9 Å². The van der Waals surface area contributed by atoms with E-state index < -0.39 is 0 Å². The van der Waals surface area contributed by atoms with Crippen LogP contribution in [0.15, 0.2) is 47.4 Å². The van der Waals surface area contributed by atoms with E-state index >= 15 is 0 Å². The first-order valence-corrected chi connectivity index (χ1v) is 11.5. The minimum absolute atomic E-state index is 0.0711. The molecule has 1 unspecified atom stereocenters. The van der Waals surface area contributed by atoms with Crippen LogP contribution in [0.4, 0.5) is 5.69 Å². The van der Waals surface area contributed by atoms with Gasteiger partial charge in [0.1, 0.15) is 0 Å². The summed E-state index contributed by atoms with van der Waals surface area (Å²) in [5.41, 5.74) is 8.74. The van der Waals surface area contributed by atoms with Crippen molar-refractivity contribution in [3.8, 4) is 5.69 Å². The predicted molar refractivity (Wildman–Crippen MR) is 132 cm³/mol. The van der Waals surface area contributed by atoms with Crippen LogP contribution in [-0.2, 0) is 4.79 Å². The van der Waals surface area contributed by atoms with Crippen LogP contribution in [0.2, 0.25) is 5.02 Å². The molecule has 1 saturated heterocycles. The first kappa shape index (κ1) is 21.6. The number of aromatic nitrogens is 1. The number of amides is 1. The van der Waals surface area contributed by atoms with E-state index in [1.165, 1.54) is 22.9 Å². The molecule has 160 valence electrons. The zero-order chi connectivity index (χ0) is 22.3. The number of nitrogens with one attached hydrogen (secondary N) is 2. The lowest BCUT2D eigenvalue weighted by atomic mass is 10.1. The Balaban J connectivity index is 1.59. The highest BCUT2D eigenvalue weighted by molar-refractivity contribution is 8.05. The number of anilines is 1.